The summed E-state index contributed by atoms with van der Waals surface area (Å²) in [6, 6.07) is 0. The molecule has 0 atom stereocenters. The smallest absolute Gasteiger partial charge is 0.320 e. The molecule has 0 rings (SSSR count). The van der Waals surface area contributed by atoms with Gasteiger partial charge in [0, 0.05) is 12.8 Å². The van der Waals surface area contributed by atoms with Crippen LogP contribution in [0.3, 0.4) is 0 Å². The van der Waals surface area contributed by atoms with Crippen molar-refractivity contribution in [1.29, 1.82) is 0 Å². The van der Waals surface area contributed by atoms with Crippen molar-refractivity contribution in [3.63, 3.8) is 0 Å². The Kier molecular flexibility index (Phi) is 5.49. The Morgan fingerprint density at radius 2 is 2.00 bits per heavy atom. The van der Waals surface area contributed by atoms with Crippen molar-refractivity contribution < 1.29 is 9.53 Å². The van der Waals surface area contributed by atoms with E-state index in [1.807, 2.05) is 20.8 Å². The summed E-state index contributed by atoms with van der Waals surface area (Å²) in [7, 11) is 0. The molecular weight excluding hydrogens is 176 g/mol. The monoisotopic (exact) mass is 192 g/mol. The van der Waals surface area contributed by atoms with Gasteiger partial charge >= 0.3 is 5.97 Å². The Morgan fingerprint density at radius 1 is 1.36 bits per heavy atom. The molecule has 0 saturated carbocycles. The maximum atomic E-state index is 11.1. The van der Waals surface area contributed by atoms with E-state index >= 15 is 0 Å². The zero-order valence-corrected chi connectivity index (χ0v) is 9.02. The first-order chi connectivity index (χ1) is 6.45. The van der Waals surface area contributed by atoms with E-state index in [9.17, 15) is 4.79 Å². The van der Waals surface area contributed by atoms with E-state index in [4.69, 9.17) is 11.2 Å². The first kappa shape index (κ1) is 12.6. The number of carbonyl (C=O) groups excluding carboxylic acids is 1. The highest BCUT2D eigenvalue weighted by Crippen LogP contribution is 2.18. The summed E-state index contributed by atoms with van der Waals surface area (Å²) in [4.78, 5) is 11.1. The molecule has 0 aromatic rings. The fourth-order valence-corrected chi connectivity index (χ4v) is 0.748. The Morgan fingerprint density at radius 3 is 2.50 bits per heavy atom. The van der Waals surface area contributed by atoms with Crippen molar-refractivity contribution >= 4 is 5.97 Å². The summed E-state index contributed by atoms with van der Waals surface area (Å²) in [6.07, 6.45) is 8.90. The highest BCUT2D eigenvalue weighted by Gasteiger charge is 2.16. The van der Waals surface area contributed by atoms with Crippen LogP contribution in [0.25, 0.3) is 0 Å². The summed E-state index contributed by atoms with van der Waals surface area (Å²) >= 11 is 0. The van der Waals surface area contributed by atoms with Crippen molar-refractivity contribution in [3.8, 4) is 24.4 Å². The van der Waals surface area contributed by atoms with Crippen LogP contribution in [0.1, 0.15) is 40.0 Å². The molecule has 0 aromatic heterocycles. The number of esters is 1. The lowest BCUT2D eigenvalue weighted by Gasteiger charge is -2.14. The van der Waals surface area contributed by atoms with E-state index in [0.717, 1.165) is 0 Å². The lowest BCUT2D eigenvalue weighted by Crippen LogP contribution is -2.13. The van der Waals surface area contributed by atoms with Crippen molar-refractivity contribution in [1.82, 2.24) is 0 Å². The normalized spacial score (nSPS) is 9.57. The summed E-state index contributed by atoms with van der Waals surface area (Å²) in [5, 5.41) is 0. The van der Waals surface area contributed by atoms with Crippen molar-refractivity contribution in [2.45, 2.75) is 40.0 Å². The van der Waals surface area contributed by atoms with Crippen LogP contribution >= 0.6 is 0 Å². The minimum atomic E-state index is -0.286. The highest BCUT2D eigenvalue weighted by molar-refractivity contribution is 5.71. The van der Waals surface area contributed by atoms with Crippen molar-refractivity contribution in [2.24, 2.45) is 5.41 Å². The Labute approximate surface area is 86.0 Å². The predicted molar refractivity (Wildman–Crippen MR) is 56.0 cm³/mol. The van der Waals surface area contributed by atoms with Gasteiger partial charge in [-0.15, -0.1) is 12.3 Å². The molecular formula is C12H16O2. The summed E-state index contributed by atoms with van der Waals surface area (Å²) in [5.74, 6) is 4.83. The molecule has 0 bridgehead atoms. The minimum Gasteiger partial charge on any atom is -0.372 e. The molecule has 0 aliphatic rings. The summed E-state index contributed by atoms with van der Waals surface area (Å²) < 4.78 is 4.70. The summed E-state index contributed by atoms with van der Waals surface area (Å²) in [6.45, 7) is 5.92. The molecule has 0 fully saturated rings. The molecule has 0 heterocycles. The van der Waals surface area contributed by atoms with Crippen molar-refractivity contribution in [3.05, 3.63) is 0 Å². The Hall–Kier alpha value is -1.41. The van der Waals surface area contributed by atoms with Crippen LogP contribution in [0, 0.1) is 29.8 Å². The van der Waals surface area contributed by atoms with Gasteiger partial charge in [-0.3, -0.25) is 4.79 Å². The number of terminal acetylenes is 1. The van der Waals surface area contributed by atoms with Gasteiger partial charge in [0.15, 0.2) is 0 Å². The first-order valence-corrected chi connectivity index (χ1v) is 4.57. The molecule has 14 heavy (non-hydrogen) atoms. The molecule has 0 aromatic carbocycles. The third-order valence-corrected chi connectivity index (χ3v) is 1.31. The second kappa shape index (κ2) is 6.11. The van der Waals surface area contributed by atoms with Crippen LogP contribution in [0.15, 0.2) is 0 Å². The van der Waals surface area contributed by atoms with E-state index < -0.39 is 0 Å². The fourth-order valence-electron chi connectivity index (χ4n) is 0.748. The largest absolute Gasteiger partial charge is 0.372 e. The highest BCUT2D eigenvalue weighted by atomic mass is 16.5. The molecule has 0 spiro atoms. The molecule has 0 saturated heterocycles. The molecule has 0 aliphatic heterocycles. The van der Waals surface area contributed by atoms with Gasteiger partial charge in [-0.25, -0.2) is 0 Å². The number of hydrogen-bond donors (Lipinski definition) is 0. The average molecular weight is 192 g/mol. The topological polar surface area (TPSA) is 26.3 Å². The van der Waals surface area contributed by atoms with E-state index in [1.165, 1.54) is 0 Å². The minimum absolute atomic E-state index is 0.0580. The second-order valence-corrected chi connectivity index (χ2v) is 4.19. The quantitative estimate of drug-likeness (QED) is 0.381. The average Bonchev–Trinajstić information content (AvgIpc) is 2.00. The van der Waals surface area contributed by atoms with Gasteiger partial charge in [0.1, 0.15) is 6.11 Å². The van der Waals surface area contributed by atoms with Crippen LogP contribution in [0.5, 0.6) is 0 Å². The number of hydrogen-bond acceptors (Lipinski definition) is 2. The molecule has 0 radical (unpaired) electrons. The van der Waals surface area contributed by atoms with E-state index in [2.05, 4.69) is 17.9 Å². The number of rotatable bonds is 2. The van der Waals surface area contributed by atoms with Crippen LogP contribution in [0.4, 0.5) is 0 Å². The summed E-state index contributed by atoms with van der Waals surface area (Å²) in [5.41, 5.74) is -0.0580. The lowest BCUT2D eigenvalue weighted by atomic mass is 9.93. The molecule has 2 nitrogen and oxygen atoms in total. The number of ether oxygens (including phenoxy) is 1. The predicted octanol–water partition coefficient (Wildman–Crippen LogP) is 2.34. The van der Waals surface area contributed by atoms with Gasteiger partial charge in [0.25, 0.3) is 0 Å². The molecule has 0 N–H and O–H groups in total. The van der Waals surface area contributed by atoms with Crippen LogP contribution < -0.4 is 0 Å². The Bertz CT molecular complexity index is 278. The zero-order chi connectivity index (χ0) is 11.0. The third kappa shape index (κ3) is 8.68. The van der Waals surface area contributed by atoms with E-state index in [0.29, 0.717) is 19.3 Å². The van der Waals surface area contributed by atoms with Gasteiger partial charge in [0.05, 0.1) is 6.42 Å². The van der Waals surface area contributed by atoms with Crippen LogP contribution in [-0.4, -0.2) is 5.97 Å². The van der Waals surface area contributed by atoms with Gasteiger partial charge in [-0.2, -0.15) is 0 Å². The maximum Gasteiger partial charge on any atom is 0.320 e. The lowest BCUT2D eigenvalue weighted by molar-refractivity contribution is -0.138. The SMILES string of the molecule is C#CCCC#COC(=O)CC(C)(C)C. The molecule has 0 unspecified atom stereocenters. The maximum absolute atomic E-state index is 11.1. The van der Waals surface area contributed by atoms with Gasteiger partial charge in [0.2, 0.25) is 0 Å². The van der Waals surface area contributed by atoms with Gasteiger partial charge < -0.3 is 4.74 Å². The van der Waals surface area contributed by atoms with Gasteiger partial charge in [-0.1, -0.05) is 26.7 Å². The van der Waals surface area contributed by atoms with E-state index in [1.54, 1.807) is 0 Å². The molecule has 76 valence electrons. The Balaban J connectivity index is 3.74. The van der Waals surface area contributed by atoms with Crippen LogP contribution in [0.2, 0.25) is 0 Å². The standard InChI is InChI=1S/C12H16O2/c1-5-6-7-8-9-14-11(13)10-12(2,3)4/h1H,6-7,10H2,2-4H3. The van der Waals surface area contributed by atoms with E-state index in [-0.39, 0.29) is 11.4 Å². The second-order valence-electron chi connectivity index (χ2n) is 4.19. The molecule has 2 heteroatoms. The molecule has 0 amide bonds. The zero-order valence-electron chi connectivity index (χ0n) is 9.02. The third-order valence-electron chi connectivity index (χ3n) is 1.31. The first-order valence-electron chi connectivity index (χ1n) is 4.57. The fraction of sp³-hybridized carbons (Fsp3) is 0.583. The van der Waals surface area contributed by atoms with Gasteiger partial charge in [-0.05, 0) is 5.41 Å². The van der Waals surface area contributed by atoms with Crippen molar-refractivity contribution in [2.75, 3.05) is 0 Å². The molecule has 0 aliphatic carbocycles. The number of unbranched alkanes of at least 4 members (excludes halogenated alkanes) is 1. The van der Waals surface area contributed by atoms with Crippen LogP contribution in [-0.2, 0) is 9.53 Å². The number of carbonyl (C=O) groups is 1.